The fourth-order valence-corrected chi connectivity index (χ4v) is 6.03. The highest BCUT2D eigenvalue weighted by molar-refractivity contribution is 5.96. The highest BCUT2D eigenvalue weighted by Gasteiger charge is 2.25. The number of anilines is 1. The molecule has 3 N–H and O–H groups in total. The minimum atomic E-state index is 0.101. The van der Waals surface area contributed by atoms with Crippen molar-refractivity contribution >= 4 is 33.5 Å². The van der Waals surface area contributed by atoms with Gasteiger partial charge in [-0.15, -0.1) is 0 Å². The van der Waals surface area contributed by atoms with Crippen molar-refractivity contribution < 1.29 is 4.79 Å². The number of piperidine rings is 1. The molecule has 0 aliphatic carbocycles. The second-order valence-corrected chi connectivity index (χ2v) is 10.8. The Morgan fingerprint density at radius 3 is 2.72 bits per heavy atom. The highest BCUT2D eigenvalue weighted by atomic mass is 16.2. The SMILES string of the molecule is Cc1cc(-c2ccc3[nH]ncc3c2)cc2c(N3CCc4ccc(C(=O)N5CCC(N)CC5)cc4C3)ncnc12. The van der Waals surface area contributed by atoms with Crippen molar-refractivity contribution in [1.82, 2.24) is 25.1 Å². The third-order valence-electron chi connectivity index (χ3n) is 8.27. The molecule has 4 heterocycles. The number of hydrogen-bond donors (Lipinski definition) is 2. The molecule has 0 unspecified atom stereocenters. The number of hydrogen-bond acceptors (Lipinski definition) is 6. The number of aromatic amines is 1. The van der Waals surface area contributed by atoms with Crippen LogP contribution in [0.1, 0.15) is 39.9 Å². The van der Waals surface area contributed by atoms with Crippen LogP contribution in [-0.2, 0) is 13.0 Å². The Morgan fingerprint density at radius 1 is 0.974 bits per heavy atom. The number of benzene rings is 3. The first kappa shape index (κ1) is 23.8. The molecule has 5 aromatic rings. The van der Waals surface area contributed by atoms with Gasteiger partial charge in [-0.2, -0.15) is 5.10 Å². The maximum absolute atomic E-state index is 13.2. The van der Waals surface area contributed by atoms with E-state index in [1.807, 2.05) is 17.2 Å². The molecule has 1 fully saturated rings. The Morgan fingerprint density at radius 2 is 1.85 bits per heavy atom. The molecule has 8 heteroatoms. The van der Waals surface area contributed by atoms with Gasteiger partial charge in [-0.1, -0.05) is 12.1 Å². The van der Waals surface area contributed by atoms with Crippen molar-refractivity contribution in [1.29, 1.82) is 0 Å². The van der Waals surface area contributed by atoms with Gasteiger partial charge in [0.2, 0.25) is 0 Å². The van der Waals surface area contributed by atoms with Crippen LogP contribution in [0.3, 0.4) is 0 Å². The number of aryl methyl sites for hydroxylation is 1. The van der Waals surface area contributed by atoms with E-state index in [9.17, 15) is 4.79 Å². The van der Waals surface area contributed by atoms with Crippen LogP contribution < -0.4 is 10.6 Å². The van der Waals surface area contributed by atoms with Crippen LogP contribution in [0.15, 0.2) is 61.1 Å². The van der Waals surface area contributed by atoms with Gasteiger partial charge in [0, 0.05) is 48.6 Å². The number of rotatable bonds is 3. The monoisotopic (exact) mass is 517 g/mol. The number of H-pyrrole nitrogens is 1. The molecular weight excluding hydrogens is 486 g/mol. The van der Waals surface area contributed by atoms with E-state index in [-0.39, 0.29) is 11.9 Å². The molecule has 2 aliphatic heterocycles. The summed E-state index contributed by atoms with van der Waals surface area (Å²) < 4.78 is 0. The number of likely N-dealkylation sites (tertiary alicyclic amines) is 1. The maximum Gasteiger partial charge on any atom is 0.253 e. The molecule has 2 aromatic heterocycles. The predicted octanol–water partition coefficient (Wildman–Crippen LogP) is 4.61. The number of aromatic nitrogens is 4. The molecule has 1 amide bonds. The van der Waals surface area contributed by atoms with E-state index in [0.29, 0.717) is 6.54 Å². The fraction of sp³-hybridized carbons (Fsp3) is 0.290. The van der Waals surface area contributed by atoms with Gasteiger partial charge in [-0.25, -0.2) is 9.97 Å². The topological polar surface area (TPSA) is 104 Å². The van der Waals surface area contributed by atoms with Crippen molar-refractivity contribution in [2.24, 2.45) is 5.73 Å². The highest BCUT2D eigenvalue weighted by Crippen LogP contribution is 2.34. The molecule has 0 saturated carbocycles. The fourth-order valence-electron chi connectivity index (χ4n) is 6.03. The second kappa shape index (κ2) is 9.47. The van der Waals surface area contributed by atoms with E-state index >= 15 is 0 Å². The molecule has 0 radical (unpaired) electrons. The Balaban J connectivity index is 1.22. The molecule has 0 spiro atoms. The van der Waals surface area contributed by atoms with Gasteiger partial charge in [0.1, 0.15) is 12.1 Å². The van der Waals surface area contributed by atoms with Gasteiger partial charge < -0.3 is 15.5 Å². The summed E-state index contributed by atoms with van der Waals surface area (Å²) in [5.74, 6) is 1.03. The molecule has 7 rings (SSSR count). The van der Waals surface area contributed by atoms with Gasteiger partial charge in [0.05, 0.1) is 17.2 Å². The Labute approximate surface area is 226 Å². The average Bonchev–Trinajstić information content (AvgIpc) is 3.44. The van der Waals surface area contributed by atoms with Gasteiger partial charge in [0.15, 0.2) is 0 Å². The number of carbonyl (C=O) groups is 1. The first-order valence-corrected chi connectivity index (χ1v) is 13.6. The zero-order chi connectivity index (χ0) is 26.5. The molecule has 8 nitrogen and oxygen atoms in total. The quantitative estimate of drug-likeness (QED) is 0.362. The zero-order valence-corrected chi connectivity index (χ0v) is 22.0. The van der Waals surface area contributed by atoms with Crippen LogP contribution in [0.25, 0.3) is 32.9 Å². The third kappa shape index (κ3) is 4.30. The Hall–Kier alpha value is -4.30. The summed E-state index contributed by atoms with van der Waals surface area (Å²) >= 11 is 0. The Bertz CT molecular complexity index is 1720. The van der Waals surface area contributed by atoms with Gasteiger partial charge in [-0.05, 0) is 90.4 Å². The van der Waals surface area contributed by atoms with Crippen molar-refractivity contribution in [2.45, 2.75) is 38.8 Å². The zero-order valence-electron chi connectivity index (χ0n) is 22.0. The molecule has 3 aromatic carbocycles. The van der Waals surface area contributed by atoms with Crippen LogP contribution >= 0.6 is 0 Å². The number of nitrogens with zero attached hydrogens (tertiary/aromatic N) is 5. The molecule has 39 heavy (non-hydrogen) atoms. The number of nitrogens with one attached hydrogen (secondary N) is 1. The average molecular weight is 518 g/mol. The lowest BCUT2D eigenvalue weighted by molar-refractivity contribution is 0.0714. The summed E-state index contributed by atoms with van der Waals surface area (Å²) in [6.45, 7) is 5.13. The van der Waals surface area contributed by atoms with E-state index in [0.717, 1.165) is 88.8 Å². The summed E-state index contributed by atoms with van der Waals surface area (Å²) in [4.78, 5) is 26.9. The van der Waals surface area contributed by atoms with Gasteiger partial charge in [-0.3, -0.25) is 9.89 Å². The van der Waals surface area contributed by atoms with Crippen LogP contribution in [0.2, 0.25) is 0 Å². The van der Waals surface area contributed by atoms with Crippen molar-refractivity contribution in [2.75, 3.05) is 24.5 Å². The van der Waals surface area contributed by atoms with Crippen molar-refractivity contribution in [3.05, 3.63) is 83.3 Å². The van der Waals surface area contributed by atoms with Gasteiger partial charge in [0.25, 0.3) is 5.91 Å². The normalized spacial score (nSPS) is 16.2. The number of nitrogens with two attached hydrogens (primary N) is 1. The number of carbonyl (C=O) groups excluding carboxylic acids is 1. The minimum absolute atomic E-state index is 0.101. The maximum atomic E-state index is 13.2. The standard InChI is InChI=1S/C31H31N7O/c1-19-12-23(21-4-5-28-24(13-21)16-35-36-28)15-27-29(19)33-18-34-30(27)38-9-6-20-2-3-22(14-25(20)17-38)31(39)37-10-7-26(32)8-11-37/h2-5,12-16,18,26H,6-11,17,32H2,1H3,(H,35,36). The summed E-state index contributed by atoms with van der Waals surface area (Å²) in [7, 11) is 0. The lowest BCUT2D eigenvalue weighted by atomic mass is 9.95. The molecule has 2 aliphatic rings. The van der Waals surface area contributed by atoms with E-state index in [1.54, 1.807) is 6.33 Å². The number of amides is 1. The summed E-state index contributed by atoms with van der Waals surface area (Å²) in [6, 6.07) is 17.1. The molecular formula is C31H31N7O. The first-order chi connectivity index (χ1) is 19.0. The predicted molar refractivity (Wildman–Crippen MR) is 154 cm³/mol. The van der Waals surface area contributed by atoms with E-state index in [1.165, 1.54) is 11.1 Å². The second-order valence-electron chi connectivity index (χ2n) is 10.8. The molecule has 0 atom stereocenters. The van der Waals surface area contributed by atoms with Crippen molar-refractivity contribution in [3.63, 3.8) is 0 Å². The lowest BCUT2D eigenvalue weighted by Gasteiger charge is -2.32. The van der Waals surface area contributed by atoms with Crippen LogP contribution in [-0.4, -0.2) is 56.6 Å². The lowest BCUT2D eigenvalue weighted by Crippen LogP contribution is -2.43. The minimum Gasteiger partial charge on any atom is -0.351 e. The number of fused-ring (bicyclic) bond motifs is 3. The smallest absolute Gasteiger partial charge is 0.253 e. The van der Waals surface area contributed by atoms with Crippen LogP contribution in [0.4, 0.5) is 5.82 Å². The van der Waals surface area contributed by atoms with Crippen molar-refractivity contribution in [3.8, 4) is 11.1 Å². The first-order valence-electron chi connectivity index (χ1n) is 13.6. The van der Waals surface area contributed by atoms with Gasteiger partial charge >= 0.3 is 0 Å². The molecule has 1 saturated heterocycles. The van der Waals surface area contributed by atoms with Crippen LogP contribution in [0, 0.1) is 6.92 Å². The molecule has 0 bridgehead atoms. The van der Waals surface area contributed by atoms with E-state index in [2.05, 4.69) is 69.5 Å². The van der Waals surface area contributed by atoms with E-state index in [4.69, 9.17) is 10.7 Å². The van der Waals surface area contributed by atoms with Crippen LogP contribution in [0.5, 0.6) is 0 Å². The Kier molecular flexibility index (Phi) is 5.77. The third-order valence-corrected chi connectivity index (χ3v) is 8.27. The van der Waals surface area contributed by atoms with E-state index < -0.39 is 0 Å². The summed E-state index contributed by atoms with van der Waals surface area (Å²) in [6.07, 6.45) is 6.15. The summed E-state index contributed by atoms with van der Waals surface area (Å²) in [5, 5.41) is 9.31. The molecule has 196 valence electrons. The largest absolute Gasteiger partial charge is 0.351 e. The summed E-state index contributed by atoms with van der Waals surface area (Å²) in [5.41, 5.74) is 14.7.